The summed E-state index contributed by atoms with van der Waals surface area (Å²) in [6.07, 6.45) is 7.66. The third-order valence-corrected chi connectivity index (χ3v) is 4.67. The number of nitrogens with one attached hydrogen (secondary N) is 1. The van der Waals surface area contributed by atoms with Crippen LogP contribution in [0, 0.1) is 5.92 Å². The van der Waals surface area contributed by atoms with Crippen LogP contribution < -0.4 is 5.32 Å². The Hall–Kier alpha value is -0.240. The molecule has 1 fully saturated rings. The zero-order chi connectivity index (χ0) is 13.7. The number of benzene rings is 1. The summed E-state index contributed by atoms with van der Waals surface area (Å²) in [5, 5.41) is 5.23. The first-order valence-electron chi connectivity index (χ1n) is 7.38. The average Bonchev–Trinajstić information content (AvgIpc) is 2.90. The van der Waals surface area contributed by atoms with Gasteiger partial charge in [0, 0.05) is 16.1 Å². The molecule has 0 amide bonds. The van der Waals surface area contributed by atoms with Gasteiger partial charge in [-0.3, -0.25) is 0 Å². The maximum absolute atomic E-state index is 6.30. The lowest BCUT2D eigenvalue weighted by Gasteiger charge is -2.25. The van der Waals surface area contributed by atoms with Gasteiger partial charge in [-0.05, 0) is 55.8 Å². The second kappa shape index (κ2) is 7.52. The molecule has 1 aliphatic carbocycles. The first kappa shape index (κ1) is 15.2. The molecule has 1 nitrogen and oxygen atoms in total. The van der Waals surface area contributed by atoms with Gasteiger partial charge in [0.15, 0.2) is 0 Å². The predicted molar refractivity (Wildman–Crippen MR) is 84.2 cm³/mol. The Morgan fingerprint density at radius 2 is 2.00 bits per heavy atom. The highest BCUT2D eigenvalue weighted by Gasteiger charge is 2.25. The molecular formula is C16H23Cl2N. The Labute approximate surface area is 126 Å². The Balaban J connectivity index is 2.05. The molecule has 0 spiro atoms. The van der Waals surface area contributed by atoms with E-state index in [1.54, 1.807) is 0 Å². The quantitative estimate of drug-likeness (QED) is 0.771. The van der Waals surface area contributed by atoms with Crippen LogP contribution in [0.4, 0.5) is 0 Å². The van der Waals surface area contributed by atoms with E-state index in [1.807, 2.05) is 12.1 Å². The Morgan fingerprint density at radius 3 is 2.63 bits per heavy atom. The van der Waals surface area contributed by atoms with E-state index in [1.165, 1.54) is 37.7 Å². The van der Waals surface area contributed by atoms with Crippen molar-refractivity contribution in [3.05, 3.63) is 33.8 Å². The second-order valence-electron chi connectivity index (χ2n) is 5.55. The number of hydrogen-bond donors (Lipinski definition) is 1. The number of rotatable bonds is 6. The normalized spacial score (nSPS) is 17.8. The summed E-state index contributed by atoms with van der Waals surface area (Å²) in [4.78, 5) is 0. The molecule has 0 bridgehead atoms. The van der Waals surface area contributed by atoms with Gasteiger partial charge >= 0.3 is 0 Å². The Bertz CT molecular complexity index is 400. The molecular weight excluding hydrogens is 277 g/mol. The van der Waals surface area contributed by atoms with Crippen LogP contribution in [0.5, 0.6) is 0 Å². The summed E-state index contributed by atoms with van der Waals surface area (Å²) in [5.41, 5.74) is 1.21. The lowest BCUT2D eigenvalue weighted by atomic mass is 9.92. The van der Waals surface area contributed by atoms with Crippen LogP contribution >= 0.6 is 23.2 Å². The topological polar surface area (TPSA) is 12.0 Å². The minimum absolute atomic E-state index is 0.557. The van der Waals surface area contributed by atoms with E-state index >= 15 is 0 Å². The van der Waals surface area contributed by atoms with E-state index in [0.717, 1.165) is 23.9 Å². The van der Waals surface area contributed by atoms with Gasteiger partial charge in [0.05, 0.1) is 0 Å². The smallest absolute Gasteiger partial charge is 0.0453 e. The van der Waals surface area contributed by atoms with Gasteiger partial charge in [-0.25, -0.2) is 0 Å². The molecule has 0 radical (unpaired) electrons. The van der Waals surface area contributed by atoms with Crippen LogP contribution in [0.25, 0.3) is 0 Å². The average molecular weight is 300 g/mol. The van der Waals surface area contributed by atoms with Crippen LogP contribution in [0.2, 0.25) is 10.0 Å². The Morgan fingerprint density at radius 1 is 1.26 bits per heavy atom. The highest BCUT2D eigenvalue weighted by atomic mass is 35.5. The van der Waals surface area contributed by atoms with Crippen LogP contribution in [-0.2, 0) is 6.42 Å². The molecule has 106 valence electrons. The van der Waals surface area contributed by atoms with Crippen molar-refractivity contribution in [1.29, 1.82) is 0 Å². The number of hydrogen-bond acceptors (Lipinski definition) is 1. The zero-order valence-corrected chi connectivity index (χ0v) is 13.1. The molecule has 1 unspecified atom stereocenters. The molecule has 1 aliphatic rings. The fraction of sp³-hybridized carbons (Fsp3) is 0.625. The molecule has 1 aromatic rings. The van der Waals surface area contributed by atoms with Gasteiger partial charge in [-0.2, -0.15) is 0 Å². The molecule has 1 aromatic carbocycles. The Kier molecular flexibility index (Phi) is 6.00. The van der Waals surface area contributed by atoms with E-state index in [2.05, 4.69) is 18.3 Å². The summed E-state index contributed by atoms with van der Waals surface area (Å²) in [5.74, 6) is 0.804. The lowest BCUT2D eigenvalue weighted by molar-refractivity contribution is 0.356. The first-order chi connectivity index (χ1) is 9.20. The molecule has 1 saturated carbocycles. The molecule has 0 aliphatic heterocycles. The van der Waals surface area contributed by atoms with E-state index < -0.39 is 0 Å². The molecule has 3 heteroatoms. The lowest BCUT2D eigenvalue weighted by Crippen LogP contribution is -2.37. The van der Waals surface area contributed by atoms with Crippen molar-refractivity contribution in [2.24, 2.45) is 5.92 Å². The fourth-order valence-electron chi connectivity index (χ4n) is 3.02. The van der Waals surface area contributed by atoms with E-state index in [9.17, 15) is 0 Å². The van der Waals surface area contributed by atoms with Gasteiger partial charge in [-0.15, -0.1) is 0 Å². The number of halogens is 2. The first-order valence-corrected chi connectivity index (χ1v) is 8.13. The van der Waals surface area contributed by atoms with Crippen molar-refractivity contribution in [2.45, 2.75) is 51.5 Å². The van der Waals surface area contributed by atoms with Gasteiger partial charge in [0.25, 0.3) is 0 Å². The minimum atomic E-state index is 0.557. The minimum Gasteiger partial charge on any atom is -0.313 e. The summed E-state index contributed by atoms with van der Waals surface area (Å²) < 4.78 is 0. The molecule has 19 heavy (non-hydrogen) atoms. The maximum atomic E-state index is 6.30. The molecule has 0 heterocycles. The maximum Gasteiger partial charge on any atom is 0.0453 e. The van der Waals surface area contributed by atoms with Crippen LogP contribution in [0.15, 0.2) is 18.2 Å². The monoisotopic (exact) mass is 299 g/mol. The molecule has 0 aromatic heterocycles. The summed E-state index contributed by atoms with van der Waals surface area (Å²) in [7, 11) is 0. The third-order valence-electron chi connectivity index (χ3n) is 4.08. The van der Waals surface area contributed by atoms with Crippen molar-refractivity contribution in [3.8, 4) is 0 Å². The van der Waals surface area contributed by atoms with E-state index in [0.29, 0.717) is 11.1 Å². The van der Waals surface area contributed by atoms with E-state index in [4.69, 9.17) is 23.2 Å². The van der Waals surface area contributed by atoms with Crippen LogP contribution in [0.1, 0.15) is 44.6 Å². The fourth-order valence-corrected chi connectivity index (χ4v) is 3.50. The second-order valence-corrected chi connectivity index (χ2v) is 6.39. The van der Waals surface area contributed by atoms with Crippen molar-refractivity contribution in [1.82, 2.24) is 5.32 Å². The zero-order valence-electron chi connectivity index (χ0n) is 11.6. The van der Waals surface area contributed by atoms with Gasteiger partial charge in [0.2, 0.25) is 0 Å². The molecule has 1 N–H and O–H groups in total. The molecule has 2 rings (SSSR count). The summed E-state index contributed by atoms with van der Waals surface area (Å²) in [6, 6.07) is 6.42. The summed E-state index contributed by atoms with van der Waals surface area (Å²) in [6.45, 7) is 3.31. The van der Waals surface area contributed by atoms with Crippen LogP contribution in [0.3, 0.4) is 0 Å². The molecule has 0 saturated heterocycles. The van der Waals surface area contributed by atoms with Crippen molar-refractivity contribution < 1.29 is 0 Å². The van der Waals surface area contributed by atoms with Gasteiger partial charge in [0.1, 0.15) is 0 Å². The van der Waals surface area contributed by atoms with E-state index in [-0.39, 0.29) is 0 Å². The van der Waals surface area contributed by atoms with Crippen molar-refractivity contribution in [3.63, 3.8) is 0 Å². The SMILES string of the molecule is CCCNC(Cc1ccc(Cl)cc1Cl)C1CCCC1. The summed E-state index contributed by atoms with van der Waals surface area (Å²) >= 11 is 12.3. The van der Waals surface area contributed by atoms with Crippen molar-refractivity contribution >= 4 is 23.2 Å². The van der Waals surface area contributed by atoms with Gasteiger partial charge in [-0.1, -0.05) is 49.0 Å². The van der Waals surface area contributed by atoms with Crippen LogP contribution in [-0.4, -0.2) is 12.6 Å². The standard InChI is InChI=1S/C16H23Cl2N/c1-2-9-19-16(12-5-3-4-6-12)10-13-7-8-14(17)11-15(13)18/h7-8,11-12,16,19H,2-6,9-10H2,1H3. The van der Waals surface area contributed by atoms with Crippen molar-refractivity contribution in [2.75, 3.05) is 6.54 Å². The largest absolute Gasteiger partial charge is 0.313 e. The van der Waals surface area contributed by atoms with Gasteiger partial charge < -0.3 is 5.32 Å². The highest BCUT2D eigenvalue weighted by molar-refractivity contribution is 6.35. The highest BCUT2D eigenvalue weighted by Crippen LogP contribution is 2.31. The predicted octanol–water partition coefficient (Wildman–Crippen LogP) is 5.09. The molecule has 1 atom stereocenters. The third kappa shape index (κ3) is 4.37.